The lowest BCUT2D eigenvalue weighted by Crippen LogP contribution is -2.14. The topological polar surface area (TPSA) is 96.5 Å². The predicted molar refractivity (Wildman–Crippen MR) is 129 cm³/mol. The number of pyridine rings is 1. The number of nitrogens with zero attached hydrogens (tertiary/aromatic N) is 5. The van der Waals surface area contributed by atoms with E-state index < -0.39 is 0 Å². The number of nitriles is 1. The molecule has 0 aliphatic carbocycles. The third kappa shape index (κ3) is 5.22. The van der Waals surface area contributed by atoms with E-state index in [4.69, 9.17) is 16.9 Å². The maximum Gasteiger partial charge on any atom is 0.234 e. The molecule has 33 heavy (non-hydrogen) atoms. The van der Waals surface area contributed by atoms with Crippen LogP contribution in [-0.2, 0) is 11.2 Å². The second-order valence-corrected chi connectivity index (χ2v) is 8.48. The predicted octanol–water partition coefficient (Wildman–Crippen LogP) is 5.09. The molecule has 0 aliphatic rings. The lowest BCUT2D eigenvalue weighted by Gasteiger charge is -2.14. The zero-order valence-electron chi connectivity index (χ0n) is 17.7. The van der Waals surface area contributed by atoms with E-state index in [0.717, 1.165) is 22.4 Å². The molecule has 7 nitrogen and oxygen atoms in total. The van der Waals surface area contributed by atoms with Gasteiger partial charge in [0.05, 0.1) is 23.9 Å². The number of anilines is 1. The minimum Gasteiger partial charge on any atom is -0.325 e. The summed E-state index contributed by atoms with van der Waals surface area (Å²) in [6.45, 7) is 1.94. The van der Waals surface area contributed by atoms with Crippen molar-refractivity contribution in [1.82, 2.24) is 19.7 Å². The fourth-order valence-corrected chi connectivity index (χ4v) is 4.15. The lowest BCUT2D eigenvalue weighted by molar-refractivity contribution is -0.113. The van der Waals surface area contributed by atoms with Gasteiger partial charge < -0.3 is 5.32 Å². The van der Waals surface area contributed by atoms with Gasteiger partial charge in [-0.15, -0.1) is 10.2 Å². The zero-order chi connectivity index (χ0) is 23.2. The molecule has 0 radical (unpaired) electrons. The van der Waals surface area contributed by atoms with Crippen LogP contribution in [0, 0.1) is 18.3 Å². The molecule has 0 saturated carbocycles. The highest BCUT2D eigenvalue weighted by atomic mass is 35.5. The van der Waals surface area contributed by atoms with E-state index >= 15 is 0 Å². The van der Waals surface area contributed by atoms with Crippen LogP contribution in [0.2, 0.25) is 5.02 Å². The molecule has 164 valence electrons. The van der Waals surface area contributed by atoms with Gasteiger partial charge in [0.25, 0.3) is 0 Å². The number of carbonyl (C=O) groups is 1. The fraction of sp³-hybridized carbons (Fsp3) is 0.125. The Morgan fingerprint density at radius 3 is 2.61 bits per heavy atom. The van der Waals surface area contributed by atoms with Gasteiger partial charge in [0.1, 0.15) is 0 Å². The molecule has 0 aliphatic heterocycles. The first-order chi connectivity index (χ1) is 16.1. The van der Waals surface area contributed by atoms with Crippen molar-refractivity contribution in [2.45, 2.75) is 18.5 Å². The number of hydrogen-bond acceptors (Lipinski definition) is 6. The van der Waals surface area contributed by atoms with Crippen molar-refractivity contribution in [3.05, 3.63) is 83.1 Å². The molecule has 4 aromatic rings. The van der Waals surface area contributed by atoms with Gasteiger partial charge in [-0.3, -0.25) is 14.3 Å². The fourth-order valence-electron chi connectivity index (χ4n) is 3.23. The lowest BCUT2D eigenvalue weighted by atomic mass is 10.1. The zero-order valence-corrected chi connectivity index (χ0v) is 19.3. The first kappa shape index (κ1) is 22.5. The standard InChI is InChI=1S/C24H19ClN6OS/c1-16-20(25)3-2-4-21(16)31-23(18-10-13-27-14-11-18)29-30-24(31)33-15-22(32)28-19-7-5-17(6-8-19)9-12-26/h2-8,10-11,13-14H,9,15H2,1H3,(H,28,32). The summed E-state index contributed by atoms with van der Waals surface area (Å²) in [5.74, 6) is 0.614. The van der Waals surface area contributed by atoms with Crippen LogP contribution in [0.1, 0.15) is 11.1 Å². The van der Waals surface area contributed by atoms with E-state index in [1.54, 1.807) is 24.5 Å². The Bertz CT molecular complexity index is 1320. The molecule has 4 rings (SSSR count). The molecule has 9 heteroatoms. The number of carbonyl (C=O) groups excluding carboxylic acids is 1. The summed E-state index contributed by atoms with van der Waals surface area (Å²) < 4.78 is 1.91. The van der Waals surface area contributed by atoms with Crippen molar-refractivity contribution in [2.75, 3.05) is 11.1 Å². The normalized spacial score (nSPS) is 10.6. The monoisotopic (exact) mass is 474 g/mol. The second kappa shape index (κ2) is 10.3. The molecule has 0 unspecified atom stereocenters. The Labute approximate surface area is 200 Å². The highest BCUT2D eigenvalue weighted by molar-refractivity contribution is 7.99. The minimum absolute atomic E-state index is 0.147. The summed E-state index contributed by atoms with van der Waals surface area (Å²) >= 11 is 7.66. The van der Waals surface area contributed by atoms with Crippen LogP contribution in [0.25, 0.3) is 17.1 Å². The number of halogens is 1. The molecule has 0 bridgehead atoms. The molecule has 1 N–H and O–H groups in total. The van der Waals surface area contributed by atoms with Gasteiger partial charge in [0.15, 0.2) is 11.0 Å². The van der Waals surface area contributed by atoms with Crippen LogP contribution >= 0.6 is 23.4 Å². The Kier molecular flexibility index (Phi) is 7.03. The molecule has 2 aromatic carbocycles. The Balaban J connectivity index is 1.58. The van der Waals surface area contributed by atoms with Crippen LogP contribution in [-0.4, -0.2) is 31.4 Å². The van der Waals surface area contributed by atoms with Gasteiger partial charge in [0.2, 0.25) is 5.91 Å². The summed E-state index contributed by atoms with van der Waals surface area (Å²) in [6.07, 6.45) is 3.73. The summed E-state index contributed by atoms with van der Waals surface area (Å²) in [5, 5.41) is 21.6. The third-order valence-corrected chi connectivity index (χ3v) is 6.24. The minimum atomic E-state index is -0.170. The smallest absolute Gasteiger partial charge is 0.234 e. The quantitative estimate of drug-likeness (QED) is 0.375. The Morgan fingerprint density at radius 1 is 1.12 bits per heavy atom. The molecular formula is C24H19ClN6OS. The largest absolute Gasteiger partial charge is 0.325 e. The van der Waals surface area contributed by atoms with Crippen molar-refractivity contribution >= 4 is 35.0 Å². The van der Waals surface area contributed by atoms with Gasteiger partial charge in [0, 0.05) is 28.7 Å². The van der Waals surface area contributed by atoms with Gasteiger partial charge in [-0.1, -0.05) is 41.6 Å². The first-order valence-corrected chi connectivity index (χ1v) is 11.4. The maximum absolute atomic E-state index is 12.6. The first-order valence-electron chi connectivity index (χ1n) is 10.1. The van der Waals surface area contributed by atoms with Gasteiger partial charge >= 0.3 is 0 Å². The molecular weight excluding hydrogens is 456 g/mol. The Hall–Kier alpha value is -3.67. The molecule has 0 spiro atoms. The average molecular weight is 475 g/mol. The van der Waals surface area contributed by atoms with E-state index in [2.05, 4.69) is 26.6 Å². The van der Waals surface area contributed by atoms with Crippen molar-refractivity contribution in [2.24, 2.45) is 0 Å². The third-order valence-electron chi connectivity index (χ3n) is 4.91. The van der Waals surface area contributed by atoms with Gasteiger partial charge in [-0.25, -0.2) is 0 Å². The number of hydrogen-bond donors (Lipinski definition) is 1. The summed E-state index contributed by atoms with van der Waals surface area (Å²) in [6, 6.07) is 18.7. The van der Waals surface area contributed by atoms with Gasteiger partial charge in [-0.05, 0) is 54.4 Å². The van der Waals surface area contributed by atoms with Crippen molar-refractivity contribution in [3.8, 4) is 23.1 Å². The van der Waals surface area contributed by atoms with Crippen LogP contribution in [0.5, 0.6) is 0 Å². The van der Waals surface area contributed by atoms with E-state index in [9.17, 15) is 4.79 Å². The highest BCUT2D eigenvalue weighted by Crippen LogP contribution is 2.31. The second-order valence-electron chi connectivity index (χ2n) is 7.13. The molecule has 0 fully saturated rings. The van der Waals surface area contributed by atoms with Crippen molar-refractivity contribution < 1.29 is 4.79 Å². The average Bonchev–Trinajstić information content (AvgIpc) is 3.25. The number of aromatic nitrogens is 4. The highest BCUT2D eigenvalue weighted by Gasteiger charge is 2.19. The number of rotatable bonds is 7. The molecule has 2 heterocycles. The van der Waals surface area contributed by atoms with E-state index in [1.165, 1.54) is 11.8 Å². The summed E-state index contributed by atoms with van der Waals surface area (Å²) in [7, 11) is 0. The Morgan fingerprint density at radius 2 is 1.88 bits per heavy atom. The van der Waals surface area contributed by atoms with Crippen LogP contribution in [0.3, 0.4) is 0 Å². The van der Waals surface area contributed by atoms with Crippen LogP contribution in [0.4, 0.5) is 5.69 Å². The number of amides is 1. The molecule has 1 amide bonds. The molecule has 0 atom stereocenters. The SMILES string of the molecule is Cc1c(Cl)cccc1-n1c(SCC(=O)Nc2ccc(CC#N)cc2)nnc1-c1ccncc1. The van der Waals surface area contributed by atoms with E-state index in [0.29, 0.717) is 28.1 Å². The van der Waals surface area contributed by atoms with Crippen molar-refractivity contribution in [1.29, 1.82) is 5.26 Å². The number of thioether (sulfide) groups is 1. The molecule has 0 saturated heterocycles. The van der Waals surface area contributed by atoms with Crippen LogP contribution < -0.4 is 5.32 Å². The van der Waals surface area contributed by atoms with E-state index in [-0.39, 0.29) is 11.7 Å². The summed E-state index contributed by atoms with van der Waals surface area (Å²) in [4.78, 5) is 16.6. The van der Waals surface area contributed by atoms with E-state index in [1.807, 2.05) is 54.0 Å². The summed E-state index contributed by atoms with van der Waals surface area (Å²) in [5.41, 5.74) is 4.16. The molecule has 2 aromatic heterocycles. The number of benzene rings is 2. The number of nitrogens with one attached hydrogen (secondary N) is 1. The van der Waals surface area contributed by atoms with Gasteiger partial charge in [-0.2, -0.15) is 5.26 Å². The maximum atomic E-state index is 12.6. The van der Waals surface area contributed by atoms with Crippen LogP contribution in [0.15, 0.2) is 72.1 Å². The van der Waals surface area contributed by atoms with Crippen molar-refractivity contribution in [3.63, 3.8) is 0 Å².